The van der Waals surface area contributed by atoms with Gasteiger partial charge in [-0.15, -0.1) is 13.2 Å². The van der Waals surface area contributed by atoms with Gasteiger partial charge in [0, 0.05) is 23.5 Å². The average Bonchev–Trinajstić information content (AvgIpc) is 2.93. The lowest BCUT2D eigenvalue weighted by Gasteiger charge is -2.20. The van der Waals surface area contributed by atoms with Gasteiger partial charge in [-0.3, -0.25) is 4.98 Å². The van der Waals surface area contributed by atoms with Gasteiger partial charge in [-0.05, 0) is 57.8 Å². The van der Waals surface area contributed by atoms with E-state index >= 15 is 0 Å². The van der Waals surface area contributed by atoms with Gasteiger partial charge in [-0.25, -0.2) is 0 Å². The van der Waals surface area contributed by atoms with E-state index < -0.39 is 12.5 Å². The van der Waals surface area contributed by atoms with Crippen molar-refractivity contribution in [1.82, 2.24) is 4.98 Å². The Morgan fingerprint density at radius 3 is 2.34 bits per heavy atom. The highest BCUT2D eigenvalue weighted by Gasteiger charge is 2.31. The summed E-state index contributed by atoms with van der Waals surface area (Å²) in [4.78, 5) is 4.23. The number of nitrogens with zero attached hydrogens (tertiary/aromatic N) is 2. The third-order valence-electron chi connectivity index (χ3n) is 6.11. The lowest BCUT2D eigenvalue weighted by molar-refractivity contribution is -0.274. The van der Waals surface area contributed by atoms with Gasteiger partial charge in [0.05, 0.1) is 18.2 Å². The van der Waals surface area contributed by atoms with Crippen LogP contribution in [-0.4, -0.2) is 11.3 Å². The van der Waals surface area contributed by atoms with E-state index in [1.54, 1.807) is 18.5 Å². The Bertz CT molecular complexity index is 1590. The first-order valence-electron chi connectivity index (χ1n) is 11.8. The average molecular weight is 511 g/mol. The van der Waals surface area contributed by atoms with Gasteiger partial charge in [-0.2, -0.15) is 5.26 Å². The molecule has 0 saturated carbocycles. The van der Waals surface area contributed by atoms with Crippen molar-refractivity contribution in [2.45, 2.75) is 19.1 Å². The molecule has 0 saturated heterocycles. The van der Waals surface area contributed by atoms with E-state index in [1.807, 2.05) is 66.7 Å². The zero-order chi connectivity index (χ0) is 26.5. The van der Waals surface area contributed by atoms with Crippen LogP contribution < -0.4 is 4.74 Å². The summed E-state index contributed by atoms with van der Waals surface area (Å²) in [6, 6.07) is 31.1. The number of pyridine rings is 1. The fourth-order valence-electron chi connectivity index (χ4n) is 4.39. The summed E-state index contributed by atoms with van der Waals surface area (Å²) >= 11 is 0. The number of hydrogen-bond donors (Lipinski definition) is 0. The summed E-state index contributed by atoms with van der Waals surface area (Å²) in [7, 11) is 0. The van der Waals surface area contributed by atoms with Crippen LogP contribution in [-0.2, 0) is 11.3 Å². The normalized spacial score (nSPS) is 12.2. The van der Waals surface area contributed by atoms with Gasteiger partial charge < -0.3 is 9.47 Å². The summed E-state index contributed by atoms with van der Waals surface area (Å²) in [5.41, 5.74) is 4.56. The predicted molar refractivity (Wildman–Crippen MR) is 138 cm³/mol. The molecule has 7 heteroatoms. The standard InChI is InChI=1S/C31H21F3N2O2/c32-31(33,34)38-26-14-10-21(11-15-26)20-37-30(25-7-4-16-36-19-25)23-12-13-24(18-35)29(17-23)28-9-3-6-22-5-1-2-8-27(22)28/h1-17,19,30H,20H2. The summed E-state index contributed by atoms with van der Waals surface area (Å²) in [6.45, 7) is 0.134. The van der Waals surface area contributed by atoms with Gasteiger partial charge in [0.2, 0.25) is 0 Å². The Balaban J connectivity index is 1.50. The van der Waals surface area contributed by atoms with Crippen LogP contribution in [0.1, 0.15) is 28.4 Å². The molecule has 0 spiro atoms. The molecule has 0 N–H and O–H groups in total. The van der Waals surface area contributed by atoms with Gasteiger partial charge in [-0.1, -0.05) is 66.7 Å². The summed E-state index contributed by atoms with van der Waals surface area (Å²) in [5, 5.41) is 12.0. The van der Waals surface area contributed by atoms with Crippen LogP contribution in [0.25, 0.3) is 21.9 Å². The molecule has 4 aromatic carbocycles. The second-order valence-corrected chi connectivity index (χ2v) is 8.61. The SMILES string of the molecule is N#Cc1ccc(C(OCc2ccc(OC(F)(F)F)cc2)c2cccnc2)cc1-c1cccc2ccccc12. The molecule has 188 valence electrons. The molecule has 0 fully saturated rings. The van der Waals surface area contributed by atoms with Crippen molar-refractivity contribution in [3.8, 4) is 22.9 Å². The van der Waals surface area contributed by atoms with Crippen molar-refractivity contribution < 1.29 is 22.6 Å². The Labute approximate surface area is 217 Å². The van der Waals surface area contributed by atoms with Crippen LogP contribution in [0.4, 0.5) is 13.2 Å². The Hall–Kier alpha value is -4.67. The highest BCUT2D eigenvalue weighted by atomic mass is 19.4. The molecule has 38 heavy (non-hydrogen) atoms. The molecule has 1 aromatic heterocycles. The zero-order valence-electron chi connectivity index (χ0n) is 20.0. The fraction of sp³-hybridized carbons (Fsp3) is 0.0968. The Morgan fingerprint density at radius 1 is 0.816 bits per heavy atom. The largest absolute Gasteiger partial charge is 0.573 e. The Morgan fingerprint density at radius 2 is 1.61 bits per heavy atom. The summed E-state index contributed by atoms with van der Waals surface area (Å²) in [6.07, 6.45) is -1.90. The van der Waals surface area contributed by atoms with E-state index in [0.29, 0.717) is 11.1 Å². The molecule has 1 atom stereocenters. The van der Waals surface area contributed by atoms with Crippen LogP contribution in [0.15, 0.2) is 109 Å². The van der Waals surface area contributed by atoms with Crippen molar-refractivity contribution in [3.05, 3.63) is 132 Å². The number of rotatable bonds is 7. The third kappa shape index (κ3) is 5.66. The molecule has 0 radical (unpaired) electrons. The third-order valence-corrected chi connectivity index (χ3v) is 6.11. The summed E-state index contributed by atoms with van der Waals surface area (Å²) < 4.78 is 47.7. The topological polar surface area (TPSA) is 55.1 Å². The number of ether oxygens (including phenoxy) is 2. The van der Waals surface area contributed by atoms with Gasteiger partial charge in [0.25, 0.3) is 0 Å². The number of hydrogen-bond acceptors (Lipinski definition) is 4. The lowest BCUT2D eigenvalue weighted by atomic mass is 9.91. The molecular formula is C31H21F3N2O2. The molecule has 1 unspecified atom stereocenters. The molecule has 1 heterocycles. The van der Waals surface area contributed by atoms with Crippen molar-refractivity contribution in [2.75, 3.05) is 0 Å². The maximum absolute atomic E-state index is 12.5. The monoisotopic (exact) mass is 510 g/mol. The highest BCUT2D eigenvalue weighted by Crippen LogP contribution is 2.35. The number of nitriles is 1. The molecule has 0 amide bonds. The molecule has 0 bridgehead atoms. The fourth-order valence-corrected chi connectivity index (χ4v) is 4.39. The van der Waals surface area contributed by atoms with Gasteiger partial charge >= 0.3 is 6.36 Å². The molecular weight excluding hydrogens is 489 g/mol. The number of fused-ring (bicyclic) bond motifs is 1. The first kappa shape index (κ1) is 25.0. The predicted octanol–water partition coefficient (Wildman–Crippen LogP) is 7.98. The van der Waals surface area contributed by atoms with Crippen LogP contribution in [0.5, 0.6) is 5.75 Å². The number of halogens is 3. The van der Waals surface area contributed by atoms with E-state index in [0.717, 1.165) is 33.0 Å². The molecule has 5 rings (SSSR count). The maximum atomic E-state index is 12.5. The number of alkyl halides is 3. The number of aromatic nitrogens is 1. The lowest BCUT2D eigenvalue weighted by Crippen LogP contribution is -2.17. The van der Waals surface area contributed by atoms with E-state index in [4.69, 9.17) is 4.74 Å². The Kier molecular flexibility index (Phi) is 7.07. The minimum Gasteiger partial charge on any atom is -0.406 e. The van der Waals surface area contributed by atoms with Crippen molar-refractivity contribution in [3.63, 3.8) is 0 Å². The smallest absolute Gasteiger partial charge is 0.406 e. The molecule has 4 nitrogen and oxygen atoms in total. The summed E-state index contributed by atoms with van der Waals surface area (Å²) in [5.74, 6) is -0.295. The first-order valence-corrected chi connectivity index (χ1v) is 11.8. The minimum atomic E-state index is -4.75. The second-order valence-electron chi connectivity index (χ2n) is 8.61. The zero-order valence-corrected chi connectivity index (χ0v) is 20.0. The van der Waals surface area contributed by atoms with Crippen LogP contribution in [0.3, 0.4) is 0 Å². The van der Waals surface area contributed by atoms with Gasteiger partial charge in [0.15, 0.2) is 0 Å². The number of benzene rings is 4. The van der Waals surface area contributed by atoms with E-state index in [-0.39, 0.29) is 12.4 Å². The molecule has 5 aromatic rings. The molecule has 0 aliphatic heterocycles. The van der Waals surface area contributed by atoms with Crippen LogP contribution in [0.2, 0.25) is 0 Å². The van der Waals surface area contributed by atoms with E-state index in [9.17, 15) is 18.4 Å². The van der Waals surface area contributed by atoms with Gasteiger partial charge in [0.1, 0.15) is 11.9 Å². The van der Waals surface area contributed by atoms with Crippen molar-refractivity contribution >= 4 is 10.8 Å². The maximum Gasteiger partial charge on any atom is 0.573 e. The molecule has 0 aliphatic rings. The van der Waals surface area contributed by atoms with Crippen molar-refractivity contribution in [2.24, 2.45) is 0 Å². The van der Waals surface area contributed by atoms with E-state index in [2.05, 4.69) is 15.8 Å². The van der Waals surface area contributed by atoms with Crippen molar-refractivity contribution in [1.29, 1.82) is 5.26 Å². The minimum absolute atomic E-state index is 0.134. The second kappa shape index (κ2) is 10.8. The van der Waals surface area contributed by atoms with Crippen LogP contribution >= 0.6 is 0 Å². The first-order chi connectivity index (χ1) is 18.4. The highest BCUT2D eigenvalue weighted by molar-refractivity contribution is 5.97. The molecule has 0 aliphatic carbocycles. The van der Waals surface area contributed by atoms with E-state index in [1.165, 1.54) is 24.3 Å². The van der Waals surface area contributed by atoms with Crippen LogP contribution in [0, 0.1) is 11.3 Å². The quantitative estimate of drug-likeness (QED) is 0.223.